The predicted molar refractivity (Wildman–Crippen MR) is 98.1 cm³/mol. The minimum Gasteiger partial charge on any atom is -0.508 e. The maximum Gasteiger partial charge on any atom is 0.254 e. The molecule has 0 aliphatic heterocycles. The first kappa shape index (κ1) is 17.6. The van der Waals surface area contributed by atoms with Gasteiger partial charge in [-0.2, -0.15) is 0 Å². The second-order valence-electron chi connectivity index (χ2n) is 6.05. The molecular formula is C21H21NO4. The van der Waals surface area contributed by atoms with Gasteiger partial charge in [0.05, 0.1) is 26.5 Å². The van der Waals surface area contributed by atoms with E-state index < -0.39 is 0 Å². The molecule has 0 radical (unpaired) electrons. The van der Waals surface area contributed by atoms with Gasteiger partial charge in [-0.1, -0.05) is 24.3 Å². The first-order valence-corrected chi connectivity index (χ1v) is 8.31. The van der Waals surface area contributed by atoms with E-state index in [1.54, 1.807) is 54.7 Å². The number of para-hydroxylation sites is 1. The quantitative estimate of drug-likeness (QED) is 0.725. The number of aryl methyl sites for hydroxylation is 1. The van der Waals surface area contributed by atoms with Crippen molar-refractivity contribution in [1.29, 1.82) is 0 Å². The predicted octanol–water partition coefficient (Wildman–Crippen LogP) is 4.14. The fraction of sp³-hybridized carbons (Fsp3) is 0.190. The Morgan fingerprint density at radius 3 is 2.62 bits per heavy atom. The highest BCUT2D eigenvalue weighted by atomic mass is 16.5. The number of aromatic hydroxyl groups is 1. The van der Waals surface area contributed by atoms with E-state index in [9.17, 15) is 9.90 Å². The number of methoxy groups -OCH3 is 1. The van der Waals surface area contributed by atoms with Crippen LogP contribution in [0.1, 0.15) is 27.2 Å². The summed E-state index contributed by atoms with van der Waals surface area (Å²) in [4.78, 5) is 14.8. The molecule has 3 rings (SSSR count). The third kappa shape index (κ3) is 3.88. The molecule has 0 saturated heterocycles. The van der Waals surface area contributed by atoms with Gasteiger partial charge >= 0.3 is 0 Å². The van der Waals surface area contributed by atoms with Crippen molar-refractivity contribution in [3.8, 4) is 11.5 Å². The van der Waals surface area contributed by atoms with E-state index in [2.05, 4.69) is 0 Å². The number of hydrogen-bond acceptors (Lipinski definition) is 4. The highest BCUT2D eigenvalue weighted by Gasteiger charge is 2.20. The summed E-state index contributed by atoms with van der Waals surface area (Å²) >= 11 is 0. The number of carbonyl (C=O) groups is 1. The van der Waals surface area contributed by atoms with Gasteiger partial charge in [0, 0.05) is 11.1 Å². The molecule has 0 aliphatic rings. The van der Waals surface area contributed by atoms with Crippen LogP contribution in [0.5, 0.6) is 11.5 Å². The molecule has 5 heteroatoms. The molecule has 0 fully saturated rings. The van der Waals surface area contributed by atoms with E-state index in [-0.39, 0.29) is 18.2 Å². The Morgan fingerprint density at radius 2 is 1.92 bits per heavy atom. The van der Waals surface area contributed by atoms with Gasteiger partial charge in [-0.3, -0.25) is 4.79 Å². The molecule has 0 spiro atoms. The number of hydrogen-bond donors (Lipinski definition) is 1. The normalized spacial score (nSPS) is 10.5. The van der Waals surface area contributed by atoms with Crippen LogP contribution < -0.4 is 4.74 Å². The molecule has 0 bridgehead atoms. The average Bonchev–Trinajstić information content (AvgIpc) is 3.16. The molecular weight excluding hydrogens is 330 g/mol. The Morgan fingerprint density at radius 1 is 1.12 bits per heavy atom. The van der Waals surface area contributed by atoms with Gasteiger partial charge in [0.1, 0.15) is 17.3 Å². The van der Waals surface area contributed by atoms with Crippen molar-refractivity contribution in [2.45, 2.75) is 20.0 Å². The number of furan rings is 1. The molecule has 0 saturated carbocycles. The zero-order valence-corrected chi connectivity index (χ0v) is 14.8. The van der Waals surface area contributed by atoms with E-state index in [0.717, 1.165) is 5.56 Å². The molecule has 1 amide bonds. The maximum absolute atomic E-state index is 13.1. The molecule has 5 nitrogen and oxygen atoms in total. The second-order valence-corrected chi connectivity index (χ2v) is 6.05. The molecule has 1 heterocycles. The van der Waals surface area contributed by atoms with Crippen LogP contribution >= 0.6 is 0 Å². The highest BCUT2D eigenvalue weighted by molar-refractivity contribution is 5.94. The minimum atomic E-state index is -0.164. The van der Waals surface area contributed by atoms with Gasteiger partial charge in [0.2, 0.25) is 0 Å². The van der Waals surface area contributed by atoms with Crippen LogP contribution in [0.3, 0.4) is 0 Å². The largest absolute Gasteiger partial charge is 0.508 e. The summed E-state index contributed by atoms with van der Waals surface area (Å²) in [6.45, 7) is 2.49. The Labute approximate surface area is 152 Å². The molecule has 3 aromatic rings. The Balaban J connectivity index is 1.91. The van der Waals surface area contributed by atoms with Crippen LogP contribution in [0, 0.1) is 6.92 Å². The van der Waals surface area contributed by atoms with Gasteiger partial charge in [-0.25, -0.2) is 0 Å². The third-order valence-corrected chi connectivity index (χ3v) is 4.22. The van der Waals surface area contributed by atoms with Crippen LogP contribution in [0.2, 0.25) is 0 Å². The van der Waals surface area contributed by atoms with Gasteiger partial charge in [-0.05, 0) is 42.8 Å². The number of nitrogens with zero attached hydrogens (tertiary/aromatic N) is 1. The Kier molecular flexibility index (Phi) is 5.27. The van der Waals surface area contributed by atoms with E-state index in [0.29, 0.717) is 29.2 Å². The average molecular weight is 351 g/mol. The number of rotatable bonds is 6. The summed E-state index contributed by atoms with van der Waals surface area (Å²) in [5.41, 5.74) is 2.16. The lowest BCUT2D eigenvalue weighted by Gasteiger charge is -2.23. The highest BCUT2D eigenvalue weighted by Crippen LogP contribution is 2.24. The number of carbonyl (C=O) groups excluding carboxylic acids is 1. The standard InChI is InChI=1S/C21H21NO4/c1-15-9-10-16(12-20(15)25-2)21(24)22(14-18-7-5-11-26-18)13-17-6-3-4-8-19(17)23/h3-12,23H,13-14H2,1-2H3. The lowest BCUT2D eigenvalue weighted by atomic mass is 10.1. The maximum atomic E-state index is 13.1. The molecule has 2 aromatic carbocycles. The van der Waals surface area contributed by atoms with Crippen LogP contribution in [0.15, 0.2) is 65.3 Å². The van der Waals surface area contributed by atoms with Gasteiger partial charge in [-0.15, -0.1) is 0 Å². The summed E-state index contributed by atoms with van der Waals surface area (Å²) < 4.78 is 10.7. The van der Waals surface area contributed by atoms with E-state index in [4.69, 9.17) is 9.15 Å². The number of amides is 1. The second kappa shape index (κ2) is 7.78. The summed E-state index contributed by atoms with van der Waals surface area (Å²) in [6, 6.07) is 16.0. The lowest BCUT2D eigenvalue weighted by molar-refractivity contribution is 0.0716. The number of ether oxygens (including phenoxy) is 1. The van der Waals surface area contributed by atoms with Crippen molar-refractivity contribution in [2.75, 3.05) is 7.11 Å². The van der Waals surface area contributed by atoms with E-state index in [1.807, 2.05) is 25.1 Å². The van der Waals surface area contributed by atoms with Crippen LogP contribution in [0.25, 0.3) is 0 Å². The fourth-order valence-corrected chi connectivity index (χ4v) is 2.78. The van der Waals surface area contributed by atoms with Crippen molar-refractivity contribution in [2.24, 2.45) is 0 Å². The van der Waals surface area contributed by atoms with Gasteiger partial charge in [0.15, 0.2) is 0 Å². The Hall–Kier alpha value is -3.21. The van der Waals surface area contributed by atoms with Crippen molar-refractivity contribution in [3.63, 3.8) is 0 Å². The smallest absolute Gasteiger partial charge is 0.254 e. The van der Waals surface area contributed by atoms with Crippen LogP contribution in [-0.2, 0) is 13.1 Å². The number of phenols is 1. The van der Waals surface area contributed by atoms with Crippen molar-refractivity contribution < 1.29 is 19.1 Å². The molecule has 134 valence electrons. The first-order valence-electron chi connectivity index (χ1n) is 8.31. The summed E-state index contributed by atoms with van der Waals surface area (Å²) in [7, 11) is 1.58. The summed E-state index contributed by atoms with van der Waals surface area (Å²) in [6.07, 6.45) is 1.58. The van der Waals surface area contributed by atoms with Crippen LogP contribution in [-0.4, -0.2) is 23.0 Å². The van der Waals surface area contributed by atoms with Gasteiger partial charge in [0.25, 0.3) is 5.91 Å². The lowest BCUT2D eigenvalue weighted by Crippen LogP contribution is -2.30. The monoisotopic (exact) mass is 351 g/mol. The summed E-state index contributed by atoms with van der Waals surface area (Å²) in [5, 5.41) is 10.1. The molecule has 1 aromatic heterocycles. The zero-order valence-electron chi connectivity index (χ0n) is 14.8. The molecule has 0 atom stereocenters. The topological polar surface area (TPSA) is 62.9 Å². The zero-order chi connectivity index (χ0) is 18.5. The van der Waals surface area contributed by atoms with Crippen molar-refractivity contribution in [3.05, 3.63) is 83.3 Å². The van der Waals surface area contributed by atoms with Crippen molar-refractivity contribution in [1.82, 2.24) is 4.90 Å². The van der Waals surface area contributed by atoms with E-state index in [1.165, 1.54) is 0 Å². The molecule has 1 N–H and O–H groups in total. The fourth-order valence-electron chi connectivity index (χ4n) is 2.78. The molecule has 0 aliphatic carbocycles. The van der Waals surface area contributed by atoms with Crippen molar-refractivity contribution >= 4 is 5.91 Å². The van der Waals surface area contributed by atoms with E-state index >= 15 is 0 Å². The third-order valence-electron chi connectivity index (χ3n) is 4.22. The first-order chi connectivity index (χ1) is 12.6. The molecule has 26 heavy (non-hydrogen) atoms. The SMILES string of the molecule is COc1cc(C(=O)N(Cc2ccco2)Cc2ccccc2O)ccc1C. The number of phenolic OH excluding ortho intramolecular Hbond substituents is 1. The molecule has 0 unspecified atom stereocenters. The van der Waals surface area contributed by atoms with Crippen LogP contribution in [0.4, 0.5) is 0 Å². The summed E-state index contributed by atoms with van der Waals surface area (Å²) in [5.74, 6) is 1.33. The Bertz CT molecular complexity index is 887. The minimum absolute atomic E-state index is 0.159. The number of benzene rings is 2. The van der Waals surface area contributed by atoms with Gasteiger partial charge < -0.3 is 19.2 Å².